The smallest absolute Gasteiger partial charge is 0.260 e. The lowest BCUT2D eigenvalue weighted by molar-refractivity contribution is -0.132. The summed E-state index contributed by atoms with van der Waals surface area (Å²) in [6, 6.07) is 6.09. The number of amides is 1. The van der Waals surface area contributed by atoms with Gasteiger partial charge in [0.2, 0.25) is 0 Å². The lowest BCUT2D eigenvalue weighted by atomic mass is 10.1. The van der Waals surface area contributed by atoms with Gasteiger partial charge in [0.1, 0.15) is 5.75 Å². The third-order valence-corrected chi connectivity index (χ3v) is 3.95. The van der Waals surface area contributed by atoms with Gasteiger partial charge in [-0.2, -0.15) is 0 Å². The van der Waals surface area contributed by atoms with Crippen molar-refractivity contribution in [3.8, 4) is 5.75 Å². The second-order valence-electron chi connectivity index (χ2n) is 5.35. The largest absolute Gasteiger partial charge is 0.484 e. The number of aliphatic hydroxyl groups is 1. The normalized spacial score (nSPS) is 21.5. The van der Waals surface area contributed by atoms with E-state index in [0.717, 1.165) is 18.6 Å². The number of nitrogens with zero attached hydrogens (tertiary/aromatic N) is 1. The van der Waals surface area contributed by atoms with E-state index in [4.69, 9.17) is 4.74 Å². The van der Waals surface area contributed by atoms with Crippen molar-refractivity contribution in [2.45, 2.75) is 31.8 Å². The number of aryl methyl sites for hydroxylation is 2. The molecule has 0 spiro atoms. The van der Waals surface area contributed by atoms with Gasteiger partial charge < -0.3 is 14.7 Å². The van der Waals surface area contributed by atoms with Crippen molar-refractivity contribution in [3.05, 3.63) is 29.3 Å². The zero-order valence-electron chi connectivity index (χ0n) is 11.0. The molecular weight excluding hydrogens is 242 g/mol. The van der Waals surface area contributed by atoms with Crippen LogP contribution in [-0.4, -0.2) is 41.7 Å². The molecule has 1 fully saturated rings. The number of carbonyl (C=O) groups is 1. The van der Waals surface area contributed by atoms with E-state index in [0.29, 0.717) is 19.5 Å². The third kappa shape index (κ3) is 2.73. The van der Waals surface area contributed by atoms with E-state index in [1.54, 1.807) is 4.90 Å². The monoisotopic (exact) mass is 261 g/mol. The first-order valence-electron chi connectivity index (χ1n) is 6.93. The number of hydrogen-bond donors (Lipinski definition) is 1. The van der Waals surface area contributed by atoms with Crippen LogP contribution < -0.4 is 4.74 Å². The maximum Gasteiger partial charge on any atom is 0.260 e. The number of β-amino-alcohol motifs (C(OH)–C–C–N with tert-alkyl or cyclic N) is 1. The number of hydrogen-bond acceptors (Lipinski definition) is 3. The average molecular weight is 261 g/mol. The van der Waals surface area contributed by atoms with E-state index in [2.05, 4.69) is 12.1 Å². The molecule has 1 atom stereocenters. The summed E-state index contributed by atoms with van der Waals surface area (Å²) in [5.41, 5.74) is 2.75. The predicted molar refractivity (Wildman–Crippen MR) is 71.2 cm³/mol. The summed E-state index contributed by atoms with van der Waals surface area (Å²) in [5.74, 6) is 0.728. The van der Waals surface area contributed by atoms with Gasteiger partial charge in [-0.15, -0.1) is 0 Å². The van der Waals surface area contributed by atoms with Crippen molar-refractivity contribution in [2.75, 3.05) is 19.7 Å². The Morgan fingerprint density at radius 3 is 3.00 bits per heavy atom. The molecule has 1 saturated heterocycles. The molecule has 0 unspecified atom stereocenters. The highest BCUT2D eigenvalue weighted by Crippen LogP contribution is 2.26. The van der Waals surface area contributed by atoms with Gasteiger partial charge in [-0.25, -0.2) is 0 Å². The molecule has 19 heavy (non-hydrogen) atoms. The molecular formula is C15H19NO3. The second-order valence-corrected chi connectivity index (χ2v) is 5.35. The number of fused-ring (bicyclic) bond motifs is 1. The molecule has 0 radical (unpaired) electrons. The van der Waals surface area contributed by atoms with Crippen molar-refractivity contribution in [2.24, 2.45) is 0 Å². The summed E-state index contributed by atoms with van der Waals surface area (Å²) in [5, 5.41) is 9.40. The molecule has 1 amide bonds. The number of ether oxygens (including phenoxy) is 1. The number of benzene rings is 1. The van der Waals surface area contributed by atoms with Crippen molar-refractivity contribution in [3.63, 3.8) is 0 Å². The summed E-state index contributed by atoms with van der Waals surface area (Å²) in [6.45, 7) is 1.13. The van der Waals surface area contributed by atoms with Crippen LogP contribution in [0, 0.1) is 0 Å². The Morgan fingerprint density at radius 2 is 2.21 bits per heavy atom. The fourth-order valence-electron chi connectivity index (χ4n) is 2.84. The number of likely N-dealkylation sites (tertiary alicyclic amines) is 1. The van der Waals surface area contributed by atoms with Gasteiger partial charge in [-0.1, -0.05) is 6.07 Å². The van der Waals surface area contributed by atoms with E-state index in [1.807, 2.05) is 6.07 Å². The fourth-order valence-corrected chi connectivity index (χ4v) is 2.84. The van der Waals surface area contributed by atoms with Crippen molar-refractivity contribution >= 4 is 5.91 Å². The van der Waals surface area contributed by atoms with Gasteiger partial charge in [0.15, 0.2) is 6.61 Å². The van der Waals surface area contributed by atoms with E-state index in [1.165, 1.54) is 17.5 Å². The predicted octanol–water partition coefficient (Wildman–Crippen LogP) is 1.15. The maximum absolute atomic E-state index is 11.9. The van der Waals surface area contributed by atoms with Gasteiger partial charge in [-0.3, -0.25) is 4.79 Å². The van der Waals surface area contributed by atoms with Crippen molar-refractivity contribution in [1.82, 2.24) is 4.90 Å². The number of aliphatic hydroxyl groups excluding tert-OH is 1. The Labute approximate surface area is 113 Å². The van der Waals surface area contributed by atoms with Gasteiger partial charge in [0.05, 0.1) is 6.10 Å². The molecule has 1 aliphatic heterocycles. The number of rotatable bonds is 3. The average Bonchev–Trinajstić information content (AvgIpc) is 3.03. The van der Waals surface area contributed by atoms with Crippen LogP contribution >= 0.6 is 0 Å². The topological polar surface area (TPSA) is 49.8 Å². The molecule has 0 saturated carbocycles. The van der Waals surface area contributed by atoms with Crippen molar-refractivity contribution in [1.29, 1.82) is 0 Å². The molecule has 1 heterocycles. The van der Waals surface area contributed by atoms with Crippen LogP contribution in [0.4, 0.5) is 0 Å². The van der Waals surface area contributed by atoms with E-state index in [-0.39, 0.29) is 18.6 Å². The summed E-state index contributed by atoms with van der Waals surface area (Å²) >= 11 is 0. The van der Waals surface area contributed by atoms with Gasteiger partial charge >= 0.3 is 0 Å². The van der Waals surface area contributed by atoms with Gasteiger partial charge in [-0.05, 0) is 48.9 Å². The summed E-state index contributed by atoms with van der Waals surface area (Å²) in [6.07, 6.45) is 3.77. The highest BCUT2D eigenvalue weighted by molar-refractivity contribution is 5.78. The third-order valence-electron chi connectivity index (χ3n) is 3.95. The molecule has 1 aromatic rings. The molecule has 4 nitrogen and oxygen atoms in total. The Kier molecular flexibility index (Phi) is 3.42. The number of carbonyl (C=O) groups excluding carboxylic acids is 1. The van der Waals surface area contributed by atoms with E-state index >= 15 is 0 Å². The Morgan fingerprint density at radius 1 is 1.37 bits per heavy atom. The van der Waals surface area contributed by atoms with Crippen LogP contribution in [0.15, 0.2) is 18.2 Å². The van der Waals surface area contributed by atoms with Crippen LogP contribution in [0.5, 0.6) is 5.75 Å². The van der Waals surface area contributed by atoms with Crippen LogP contribution in [0.2, 0.25) is 0 Å². The first-order valence-corrected chi connectivity index (χ1v) is 6.93. The molecule has 1 N–H and O–H groups in total. The fraction of sp³-hybridized carbons (Fsp3) is 0.533. The lowest BCUT2D eigenvalue weighted by Crippen LogP contribution is -2.33. The second kappa shape index (κ2) is 5.21. The molecule has 1 aliphatic carbocycles. The molecule has 0 aromatic heterocycles. The summed E-state index contributed by atoms with van der Waals surface area (Å²) in [4.78, 5) is 13.6. The zero-order valence-corrected chi connectivity index (χ0v) is 11.0. The molecule has 3 rings (SSSR count). The molecule has 4 heteroatoms. The highest BCUT2D eigenvalue weighted by Gasteiger charge is 2.24. The van der Waals surface area contributed by atoms with Gasteiger partial charge in [0, 0.05) is 13.1 Å². The zero-order chi connectivity index (χ0) is 13.2. The van der Waals surface area contributed by atoms with Crippen molar-refractivity contribution < 1.29 is 14.6 Å². The molecule has 0 bridgehead atoms. The minimum atomic E-state index is -0.371. The Hall–Kier alpha value is -1.55. The first-order chi connectivity index (χ1) is 9.22. The van der Waals surface area contributed by atoms with Crippen LogP contribution in [0.3, 0.4) is 0 Å². The first kappa shape index (κ1) is 12.5. The summed E-state index contributed by atoms with van der Waals surface area (Å²) < 4.78 is 5.57. The summed E-state index contributed by atoms with van der Waals surface area (Å²) in [7, 11) is 0. The van der Waals surface area contributed by atoms with Crippen LogP contribution in [0.25, 0.3) is 0 Å². The Balaban J connectivity index is 1.56. The van der Waals surface area contributed by atoms with E-state index < -0.39 is 0 Å². The molecule has 2 aliphatic rings. The SMILES string of the molecule is O=C(COc1ccc2c(c1)CCC2)N1CC[C@@H](O)C1. The van der Waals surface area contributed by atoms with E-state index in [9.17, 15) is 9.90 Å². The molecule has 1 aromatic carbocycles. The Bertz CT molecular complexity index is 486. The standard InChI is InChI=1S/C15H19NO3/c17-13-6-7-16(9-13)15(18)10-19-14-5-4-11-2-1-3-12(11)8-14/h4-5,8,13,17H,1-3,6-7,9-10H2/t13-/m1/s1. The maximum atomic E-state index is 11.9. The quantitative estimate of drug-likeness (QED) is 0.888. The highest BCUT2D eigenvalue weighted by atomic mass is 16.5. The van der Waals surface area contributed by atoms with Crippen LogP contribution in [0.1, 0.15) is 24.0 Å². The molecule has 102 valence electrons. The minimum Gasteiger partial charge on any atom is -0.484 e. The minimum absolute atomic E-state index is 0.0444. The van der Waals surface area contributed by atoms with Crippen LogP contribution in [-0.2, 0) is 17.6 Å². The lowest BCUT2D eigenvalue weighted by Gasteiger charge is -2.16. The van der Waals surface area contributed by atoms with Gasteiger partial charge in [0.25, 0.3) is 5.91 Å².